The Morgan fingerprint density at radius 3 is 2.75 bits per heavy atom. The molecule has 0 saturated carbocycles. The largest absolute Gasteiger partial charge is 0.385 e. The summed E-state index contributed by atoms with van der Waals surface area (Å²) < 4.78 is 0. The number of benzene rings is 2. The Hall–Kier alpha value is -1.41. The van der Waals surface area contributed by atoms with Gasteiger partial charge in [-0.2, -0.15) is 11.8 Å². The Labute approximate surface area is 125 Å². The number of thioether (sulfide) groups is 1. The van der Waals surface area contributed by atoms with Crippen molar-refractivity contribution in [3.8, 4) is 11.1 Å². The first-order valence-electron chi connectivity index (χ1n) is 7.32. The molecule has 104 valence electrons. The van der Waals surface area contributed by atoms with E-state index >= 15 is 0 Å². The van der Waals surface area contributed by atoms with Gasteiger partial charge < -0.3 is 5.32 Å². The van der Waals surface area contributed by atoms with E-state index < -0.39 is 0 Å². The Morgan fingerprint density at radius 2 is 1.85 bits per heavy atom. The average molecular weight is 283 g/mol. The third-order valence-corrected chi connectivity index (χ3v) is 4.59. The molecule has 0 saturated heterocycles. The molecule has 0 unspecified atom stereocenters. The smallest absolute Gasteiger partial charge is 0.0343 e. The average Bonchev–Trinajstić information content (AvgIpc) is 2.84. The van der Waals surface area contributed by atoms with Gasteiger partial charge in [-0.3, -0.25) is 0 Å². The van der Waals surface area contributed by atoms with Crippen molar-refractivity contribution in [2.24, 2.45) is 0 Å². The molecule has 0 bridgehead atoms. The normalized spacial score (nSPS) is 12.1. The van der Waals surface area contributed by atoms with Crippen molar-refractivity contribution >= 4 is 17.4 Å². The molecular formula is C18H21NS. The summed E-state index contributed by atoms with van der Waals surface area (Å²) in [4.78, 5) is 0. The summed E-state index contributed by atoms with van der Waals surface area (Å²) in [6.07, 6.45) is 5.79. The van der Waals surface area contributed by atoms with E-state index in [0.29, 0.717) is 0 Å². The van der Waals surface area contributed by atoms with Gasteiger partial charge in [-0.05, 0) is 65.7 Å². The quantitative estimate of drug-likeness (QED) is 0.651. The monoisotopic (exact) mass is 283 g/mol. The van der Waals surface area contributed by atoms with Crippen molar-refractivity contribution in [2.45, 2.75) is 19.3 Å². The van der Waals surface area contributed by atoms with Crippen molar-refractivity contribution in [1.82, 2.24) is 0 Å². The van der Waals surface area contributed by atoms with Crippen LogP contribution in [0.2, 0.25) is 0 Å². The first-order chi connectivity index (χ1) is 9.88. The van der Waals surface area contributed by atoms with Crippen LogP contribution in [0.1, 0.15) is 24.0 Å². The molecule has 0 atom stereocenters. The molecule has 2 aromatic rings. The van der Waals surface area contributed by atoms with Crippen molar-refractivity contribution in [3.63, 3.8) is 0 Å². The minimum Gasteiger partial charge on any atom is -0.385 e. The van der Waals surface area contributed by atoms with Gasteiger partial charge in [-0.15, -0.1) is 0 Å². The van der Waals surface area contributed by atoms with Crippen LogP contribution in [-0.4, -0.2) is 18.6 Å². The third-order valence-electron chi connectivity index (χ3n) is 3.90. The predicted octanol–water partition coefficient (Wildman–Crippen LogP) is 4.81. The number of fused-ring (bicyclic) bond motifs is 3. The second-order valence-electron chi connectivity index (χ2n) is 5.33. The Morgan fingerprint density at radius 1 is 1.00 bits per heavy atom. The summed E-state index contributed by atoms with van der Waals surface area (Å²) in [5.41, 5.74) is 7.00. The highest BCUT2D eigenvalue weighted by atomic mass is 32.2. The van der Waals surface area contributed by atoms with Gasteiger partial charge in [-0.25, -0.2) is 0 Å². The fourth-order valence-electron chi connectivity index (χ4n) is 2.86. The molecule has 0 fully saturated rings. The zero-order valence-corrected chi connectivity index (χ0v) is 12.8. The second kappa shape index (κ2) is 6.36. The molecule has 2 aromatic carbocycles. The van der Waals surface area contributed by atoms with Crippen molar-refractivity contribution in [2.75, 3.05) is 23.9 Å². The first-order valence-corrected chi connectivity index (χ1v) is 8.72. The maximum Gasteiger partial charge on any atom is 0.0343 e. The fourth-order valence-corrected chi connectivity index (χ4v) is 3.35. The summed E-state index contributed by atoms with van der Waals surface area (Å²) in [7, 11) is 0. The van der Waals surface area contributed by atoms with Gasteiger partial charge in [0.05, 0.1) is 0 Å². The van der Waals surface area contributed by atoms with Gasteiger partial charge in [0.2, 0.25) is 0 Å². The first kappa shape index (κ1) is 13.6. The lowest BCUT2D eigenvalue weighted by Gasteiger charge is -2.08. The number of anilines is 1. The summed E-state index contributed by atoms with van der Waals surface area (Å²) in [6.45, 7) is 1.08. The van der Waals surface area contributed by atoms with Gasteiger partial charge in [0.1, 0.15) is 0 Å². The van der Waals surface area contributed by atoms with Gasteiger partial charge in [-0.1, -0.05) is 30.3 Å². The minimum absolute atomic E-state index is 1.08. The predicted molar refractivity (Wildman–Crippen MR) is 90.8 cm³/mol. The molecule has 0 radical (unpaired) electrons. The Bertz CT molecular complexity index is 592. The zero-order valence-electron chi connectivity index (χ0n) is 12.0. The van der Waals surface area contributed by atoms with Crippen LogP contribution in [0.5, 0.6) is 0 Å². The highest BCUT2D eigenvalue weighted by Gasteiger charge is 2.17. The standard InChI is InChI=1S/C18H21NS/c1-20-11-5-4-10-19-16-8-9-18-15(13-16)12-14-6-2-3-7-17(14)18/h2-3,6-9,13,19H,4-5,10-12H2,1H3. The van der Waals surface area contributed by atoms with Crippen LogP contribution in [0.3, 0.4) is 0 Å². The Kier molecular flexibility index (Phi) is 4.31. The van der Waals surface area contributed by atoms with Gasteiger partial charge in [0, 0.05) is 12.2 Å². The molecule has 3 rings (SSSR count). The van der Waals surface area contributed by atoms with Crippen LogP contribution in [0.15, 0.2) is 42.5 Å². The van der Waals surface area contributed by atoms with Gasteiger partial charge in [0.25, 0.3) is 0 Å². The number of rotatable bonds is 6. The van der Waals surface area contributed by atoms with Crippen LogP contribution >= 0.6 is 11.8 Å². The molecule has 0 aromatic heterocycles. The van der Waals surface area contributed by atoms with E-state index in [1.54, 1.807) is 0 Å². The van der Waals surface area contributed by atoms with Crippen LogP contribution in [0.25, 0.3) is 11.1 Å². The van der Waals surface area contributed by atoms with E-state index in [0.717, 1.165) is 13.0 Å². The molecule has 1 aliphatic carbocycles. The van der Waals surface area contributed by atoms with Crippen LogP contribution in [0.4, 0.5) is 5.69 Å². The number of unbranched alkanes of at least 4 members (excludes halogenated alkanes) is 1. The van der Waals surface area contributed by atoms with E-state index in [-0.39, 0.29) is 0 Å². The van der Waals surface area contributed by atoms with E-state index in [2.05, 4.69) is 54.0 Å². The van der Waals surface area contributed by atoms with Crippen molar-refractivity contribution in [1.29, 1.82) is 0 Å². The number of hydrogen-bond donors (Lipinski definition) is 1. The van der Waals surface area contributed by atoms with Gasteiger partial charge in [0.15, 0.2) is 0 Å². The van der Waals surface area contributed by atoms with E-state index in [4.69, 9.17) is 0 Å². The molecule has 0 aliphatic heterocycles. The van der Waals surface area contributed by atoms with Crippen molar-refractivity contribution < 1.29 is 0 Å². The van der Waals surface area contributed by atoms with Crippen LogP contribution in [-0.2, 0) is 6.42 Å². The lowest BCUT2D eigenvalue weighted by Crippen LogP contribution is -2.02. The molecule has 0 amide bonds. The number of nitrogens with one attached hydrogen (secondary N) is 1. The number of hydrogen-bond acceptors (Lipinski definition) is 2. The molecular weight excluding hydrogens is 262 g/mol. The zero-order chi connectivity index (χ0) is 13.8. The van der Waals surface area contributed by atoms with E-state index in [9.17, 15) is 0 Å². The minimum atomic E-state index is 1.08. The maximum absolute atomic E-state index is 3.55. The molecule has 2 heteroatoms. The maximum atomic E-state index is 3.55. The molecule has 20 heavy (non-hydrogen) atoms. The molecule has 1 N–H and O–H groups in total. The molecule has 1 nitrogen and oxygen atoms in total. The highest BCUT2D eigenvalue weighted by Crippen LogP contribution is 2.37. The van der Waals surface area contributed by atoms with E-state index in [1.165, 1.54) is 46.5 Å². The molecule has 0 heterocycles. The van der Waals surface area contributed by atoms with Gasteiger partial charge >= 0.3 is 0 Å². The van der Waals surface area contributed by atoms with E-state index in [1.807, 2.05) is 11.8 Å². The summed E-state index contributed by atoms with van der Waals surface area (Å²) in [5.74, 6) is 1.27. The topological polar surface area (TPSA) is 12.0 Å². The van der Waals surface area contributed by atoms with Crippen LogP contribution < -0.4 is 5.32 Å². The lowest BCUT2D eigenvalue weighted by atomic mass is 10.1. The third kappa shape index (κ3) is 2.85. The molecule has 0 spiro atoms. The SMILES string of the molecule is CSCCCCNc1ccc2c(c1)Cc1ccccc1-2. The summed E-state index contributed by atoms with van der Waals surface area (Å²) in [6, 6.07) is 15.5. The summed E-state index contributed by atoms with van der Waals surface area (Å²) in [5, 5.41) is 3.55. The fraction of sp³-hybridized carbons (Fsp3) is 0.333. The van der Waals surface area contributed by atoms with Crippen LogP contribution in [0, 0.1) is 0 Å². The highest BCUT2D eigenvalue weighted by molar-refractivity contribution is 7.98. The second-order valence-corrected chi connectivity index (χ2v) is 6.32. The summed E-state index contributed by atoms with van der Waals surface area (Å²) >= 11 is 1.93. The lowest BCUT2D eigenvalue weighted by molar-refractivity contribution is 0.843. The van der Waals surface area contributed by atoms with Crippen molar-refractivity contribution in [3.05, 3.63) is 53.6 Å². The Balaban J connectivity index is 1.65. The molecule has 1 aliphatic rings.